The molecule has 3 N–H and O–H groups in total. The third-order valence-electron chi connectivity index (χ3n) is 5.47. The molecule has 0 spiro atoms. The van der Waals surface area contributed by atoms with Crippen LogP contribution in [0.2, 0.25) is 0 Å². The molecule has 0 saturated carbocycles. The number of fused-ring (bicyclic) bond motifs is 2. The normalized spacial score (nSPS) is 18.4. The topological polar surface area (TPSA) is 119 Å². The number of nitrogens with zero attached hydrogens (tertiary/aromatic N) is 7. The average molecular weight is 445 g/mol. The summed E-state index contributed by atoms with van der Waals surface area (Å²) in [7, 11) is 0. The maximum atomic E-state index is 14.8. The molecular formula is C19H18F3N9O. The van der Waals surface area contributed by atoms with Gasteiger partial charge in [0.25, 0.3) is 5.92 Å². The summed E-state index contributed by atoms with van der Waals surface area (Å²) in [6.45, 7) is 0.715. The summed E-state index contributed by atoms with van der Waals surface area (Å²) in [5, 5.41) is 11.0. The van der Waals surface area contributed by atoms with Crippen LogP contribution in [0.25, 0.3) is 22.4 Å². The SMILES string of the molecule is CC(=O)N1CC[C@@H](Nc2nc(N)c3c(-c4ccc5nccn5n4)c(F)cn3n2)C(F)(F)C1. The molecule has 32 heavy (non-hydrogen) atoms. The highest BCUT2D eigenvalue weighted by atomic mass is 19.3. The molecule has 4 aromatic heterocycles. The first kappa shape index (κ1) is 20.0. The zero-order chi connectivity index (χ0) is 22.6. The maximum Gasteiger partial charge on any atom is 0.285 e. The molecule has 1 atom stereocenters. The summed E-state index contributed by atoms with van der Waals surface area (Å²) < 4.78 is 46.6. The van der Waals surface area contributed by atoms with Gasteiger partial charge >= 0.3 is 0 Å². The van der Waals surface area contributed by atoms with Crippen LogP contribution in [0, 0.1) is 5.82 Å². The van der Waals surface area contributed by atoms with E-state index in [1.165, 1.54) is 11.4 Å². The number of anilines is 2. The molecule has 1 aliphatic heterocycles. The Morgan fingerprint density at radius 3 is 2.84 bits per heavy atom. The molecule has 5 heterocycles. The Kier molecular flexibility index (Phi) is 4.42. The van der Waals surface area contributed by atoms with Gasteiger partial charge in [-0.25, -0.2) is 27.2 Å². The lowest BCUT2D eigenvalue weighted by Crippen LogP contribution is -2.55. The van der Waals surface area contributed by atoms with E-state index in [0.29, 0.717) is 5.65 Å². The predicted molar refractivity (Wildman–Crippen MR) is 109 cm³/mol. The number of nitrogen functional groups attached to an aromatic ring is 1. The molecular weight excluding hydrogens is 427 g/mol. The number of rotatable bonds is 3. The quantitative estimate of drug-likeness (QED) is 0.494. The van der Waals surface area contributed by atoms with Crippen LogP contribution in [-0.2, 0) is 4.79 Å². The number of imidazole rings is 1. The lowest BCUT2D eigenvalue weighted by molar-refractivity contribution is -0.140. The molecule has 0 bridgehead atoms. The van der Waals surface area contributed by atoms with Crippen LogP contribution in [0.1, 0.15) is 13.3 Å². The van der Waals surface area contributed by atoms with Crippen LogP contribution in [0.4, 0.5) is 24.9 Å². The third kappa shape index (κ3) is 3.25. The number of amides is 1. The van der Waals surface area contributed by atoms with Crippen molar-refractivity contribution < 1.29 is 18.0 Å². The monoisotopic (exact) mass is 445 g/mol. The van der Waals surface area contributed by atoms with Crippen LogP contribution in [0.3, 0.4) is 0 Å². The van der Waals surface area contributed by atoms with Crippen LogP contribution in [0.15, 0.2) is 30.7 Å². The number of hydrogen-bond donors (Lipinski definition) is 2. The highest BCUT2D eigenvalue weighted by Gasteiger charge is 2.45. The fourth-order valence-corrected chi connectivity index (χ4v) is 3.88. The molecule has 0 aromatic carbocycles. The number of likely N-dealkylation sites (tertiary alicyclic amines) is 1. The summed E-state index contributed by atoms with van der Waals surface area (Å²) in [6.07, 6.45) is 4.26. The molecule has 5 rings (SSSR count). The van der Waals surface area contributed by atoms with Crippen molar-refractivity contribution in [2.75, 3.05) is 24.1 Å². The minimum Gasteiger partial charge on any atom is -0.382 e. The first-order valence-corrected chi connectivity index (χ1v) is 9.78. The second-order valence-electron chi connectivity index (χ2n) is 7.60. The number of carbonyl (C=O) groups excluding carboxylic acids is 1. The summed E-state index contributed by atoms with van der Waals surface area (Å²) in [5.74, 6) is -4.53. The Bertz CT molecular complexity index is 1350. The zero-order valence-electron chi connectivity index (χ0n) is 16.8. The lowest BCUT2D eigenvalue weighted by atomic mass is 10.0. The maximum absolute atomic E-state index is 14.8. The van der Waals surface area contributed by atoms with Gasteiger partial charge in [0.15, 0.2) is 17.3 Å². The van der Waals surface area contributed by atoms with Gasteiger partial charge in [0.1, 0.15) is 5.52 Å². The molecule has 1 saturated heterocycles. The van der Waals surface area contributed by atoms with Crippen molar-refractivity contribution in [1.29, 1.82) is 0 Å². The number of hydrogen-bond acceptors (Lipinski definition) is 7. The van der Waals surface area contributed by atoms with Gasteiger partial charge in [-0.2, -0.15) is 10.1 Å². The van der Waals surface area contributed by atoms with Crippen molar-refractivity contribution >= 4 is 28.8 Å². The fourth-order valence-electron chi connectivity index (χ4n) is 3.88. The highest BCUT2D eigenvalue weighted by molar-refractivity contribution is 5.87. The number of nitrogens with one attached hydrogen (secondary N) is 1. The van der Waals surface area contributed by atoms with Gasteiger partial charge in [-0.15, -0.1) is 5.10 Å². The van der Waals surface area contributed by atoms with Crippen LogP contribution >= 0.6 is 0 Å². The van der Waals surface area contributed by atoms with Gasteiger partial charge in [0.2, 0.25) is 11.9 Å². The summed E-state index contributed by atoms with van der Waals surface area (Å²) in [5.41, 5.74) is 7.20. The van der Waals surface area contributed by atoms with E-state index in [9.17, 15) is 18.0 Å². The first-order chi connectivity index (χ1) is 15.2. The van der Waals surface area contributed by atoms with E-state index in [2.05, 4.69) is 25.5 Å². The molecule has 0 radical (unpaired) electrons. The van der Waals surface area contributed by atoms with Crippen molar-refractivity contribution in [1.82, 2.24) is 34.1 Å². The van der Waals surface area contributed by atoms with Crippen molar-refractivity contribution in [3.63, 3.8) is 0 Å². The van der Waals surface area contributed by atoms with E-state index in [1.807, 2.05) is 0 Å². The Balaban J connectivity index is 1.49. The summed E-state index contributed by atoms with van der Waals surface area (Å²) >= 11 is 0. The molecule has 0 unspecified atom stereocenters. The lowest BCUT2D eigenvalue weighted by Gasteiger charge is -2.38. The van der Waals surface area contributed by atoms with Gasteiger partial charge in [-0.3, -0.25) is 4.79 Å². The Morgan fingerprint density at radius 1 is 1.28 bits per heavy atom. The minimum absolute atomic E-state index is 0.00594. The second kappa shape index (κ2) is 7.07. The summed E-state index contributed by atoms with van der Waals surface area (Å²) in [6, 6.07) is 1.96. The van der Waals surface area contributed by atoms with Crippen LogP contribution in [0.5, 0.6) is 0 Å². The predicted octanol–water partition coefficient (Wildman–Crippen LogP) is 1.83. The first-order valence-electron chi connectivity index (χ1n) is 9.78. The molecule has 13 heteroatoms. The van der Waals surface area contributed by atoms with E-state index in [4.69, 9.17) is 5.73 Å². The largest absolute Gasteiger partial charge is 0.382 e. The summed E-state index contributed by atoms with van der Waals surface area (Å²) in [4.78, 5) is 20.7. The molecule has 1 fully saturated rings. The zero-order valence-corrected chi connectivity index (χ0v) is 16.8. The smallest absolute Gasteiger partial charge is 0.285 e. The van der Waals surface area contributed by atoms with Crippen molar-refractivity contribution in [2.24, 2.45) is 0 Å². The standard InChI is InChI=1S/C19H18F3N9O/c1-10(32)29-6-4-13(19(21,22)9-29)25-18-26-17(23)16-15(11(20)8-31(16)28-18)12-2-3-14-24-5-7-30(14)27-12/h2-3,5,7-8,13H,4,6,9H2,1H3,(H3,23,25,26,28)/t13-/m1/s1. The number of carbonyl (C=O) groups is 1. The number of piperidine rings is 1. The van der Waals surface area contributed by atoms with Gasteiger partial charge in [-0.1, -0.05) is 0 Å². The number of alkyl halides is 2. The molecule has 166 valence electrons. The average Bonchev–Trinajstić information content (AvgIpc) is 3.32. The number of aromatic nitrogens is 6. The second-order valence-corrected chi connectivity index (χ2v) is 7.60. The van der Waals surface area contributed by atoms with Crippen molar-refractivity contribution in [2.45, 2.75) is 25.3 Å². The molecule has 1 amide bonds. The molecule has 4 aromatic rings. The van der Waals surface area contributed by atoms with Crippen molar-refractivity contribution in [3.8, 4) is 11.3 Å². The van der Waals surface area contributed by atoms with E-state index < -0.39 is 30.2 Å². The van der Waals surface area contributed by atoms with Crippen molar-refractivity contribution in [3.05, 3.63) is 36.5 Å². The molecule has 0 aliphatic carbocycles. The minimum atomic E-state index is -3.20. The van der Waals surface area contributed by atoms with E-state index in [0.717, 1.165) is 15.6 Å². The van der Waals surface area contributed by atoms with Crippen LogP contribution < -0.4 is 11.1 Å². The Labute approximate surface area is 178 Å². The molecule has 10 nitrogen and oxygen atoms in total. The van der Waals surface area contributed by atoms with E-state index in [-0.39, 0.29) is 41.5 Å². The third-order valence-corrected chi connectivity index (χ3v) is 5.47. The van der Waals surface area contributed by atoms with Gasteiger partial charge in [0.05, 0.1) is 30.0 Å². The number of halogens is 3. The Hall–Kier alpha value is -3.90. The number of nitrogens with two attached hydrogens (primary N) is 1. The van der Waals surface area contributed by atoms with E-state index >= 15 is 0 Å². The van der Waals surface area contributed by atoms with Gasteiger partial charge < -0.3 is 16.0 Å². The van der Waals surface area contributed by atoms with Gasteiger partial charge in [0, 0.05) is 25.9 Å². The van der Waals surface area contributed by atoms with Gasteiger partial charge in [-0.05, 0) is 18.6 Å². The fraction of sp³-hybridized carbons (Fsp3) is 0.316. The van der Waals surface area contributed by atoms with Crippen LogP contribution in [-0.4, -0.2) is 65.1 Å². The Morgan fingerprint density at radius 2 is 2.09 bits per heavy atom. The molecule has 1 aliphatic rings. The van der Waals surface area contributed by atoms with E-state index in [1.54, 1.807) is 24.5 Å². The highest BCUT2D eigenvalue weighted by Crippen LogP contribution is 2.32.